The van der Waals surface area contributed by atoms with E-state index in [0.717, 1.165) is 32.4 Å². The average Bonchev–Trinajstić information content (AvgIpc) is 3.26. The lowest BCUT2D eigenvalue weighted by Crippen LogP contribution is -2.40. The molecule has 0 aromatic heterocycles. The van der Waals surface area contributed by atoms with Crippen molar-refractivity contribution in [2.45, 2.75) is 51.5 Å². The van der Waals surface area contributed by atoms with Gasteiger partial charge in [0.2, 0.25) is 0 Å². The first-order valence-corrected chi connectivity index (χ1v) is 9.52. The molecule has 0 bridgehead atoms. The lowest BCUT2D eigenvalue weighted by Gasteiger charge is -2.17. The molecule has 0 heterocycles. The van der Waals surface area contributed by atoms with Crippen LogP contribution in [0.1, 0.15) is 45.4 Å². The first-order valence-electron chi connectivity index (χ1n) is 8.08. The molecule has 1 rings (SSSR count). The van der Waals surface area contributed by atoms with E-state index in [2.05, 4.69) is 17.0 Å². The molecule has 0 saturated heterocycles. The molecule has 21 heavy (non-hydrogen) atoms. The SMILES string of the molecule is CCCCOCCCNS(=O)(=O)N(C)CCCNC1CC1. The zero-order valence-corrected chi connectivity index (χ0v) is 14.3. The van der Waals surface area contributed by atoms with Crippen LogP contribution < -0.4 is 10.0 Å². The third-order valence-corrected chi connectivity index (χ3v) is 5.03. The van der Waals surface area contributed by atoms with Crippen LogP contribution in [0.5, 0.6) is 0 Å². The highest BCUT2D eigenvalue weighted by molar-refractivity contribution is 7.87. The van der Waals surface area contributed by atoms with Gasteiger partial charge in [-0.2, -0.15) is 12.7 Å². The van der Waals surface area contributed by atoms with Crippen LogP contribution in [0, 0.1) is 0 Å². The maximum atomic E-state index is 12.0. The average molecular weight is 321 g/mol. The predicted molar refractivity (Wildman–Crippen MR) is 85.5 cm³/mol. The Morgan fingerprint density at radius 1 is 1.14 bits per heavy atom. The molecule has 1 aliphatic carbocycles. The minimum Gasteiger partial charge on any atom is -0.381 e. The third kappa shape index (κ3) is 9.42. The van der Waals surface area contributed by atoms with E-state index in [9.17, 15) is 8.42 Å². The van der Waals surface area contributed by atoms with Crippen molar-refractivity contribution in [3.05, 3.63) is 0 Å². The van der Waals surface area contributed by atoms with E-state index in [1.54, 1.807) is 7.05 Å². The molecule has 7 heteroatoms. The molecule has 1 aliphatic rings. The van der Waals surface area contributed by atoms with E-state index >= 15 is 0 Å². The Kier molecular flexibility index (Phi) is 9.42. The van der Waals surface area contributed by atoms with Gasteiger partial charge in [0.05, 0.1) is 0 Å². The molecule has 1 fully saturated rings. The molecule has 2 N–H and O–H groups in total. The fourth-order valence-corrected chi connectivity index (χ4v) is 2.84. The lowest BCUT2D eigenvalue weighted by molar-refractivity contribution is 0.129. The van der Waals surface area contributed by atoms with Gasteiger partial charge in [-0.3, -0.25) is 0 Å². The second-order valence-electron chi connectivity index (χ2n) is 5.62. The van der Waals surface area contributed by atoms with Gasteiger partial charge in [0.25, 0.3) is 10.2 Å². The smallest absolute Gasteiger partial charge is 0.279 e. The van der Waals surface area contributed by atoms with Crippen molar-refractivity contribution in [3.63, 3.8) is 0 Å². The van der Waals surface area contributed by atoms with Crippen molar-refractivity contribution in [1.82, 2.24) is 14.3 Å². The topological polar surface area (TPSA) is 70.7 Å². The Labute approximate surface area is 129 Å². The fraction of sp³-hybridized carbons (Fsp3) is 1.00. The first kappa shape index (κ1) is 18.8. The number of nitrogens with one attached hydrogen (secondary N) is 2. The fourth-order valence-electron chi connectivity index (χ4n) is 1.85. The number of hydrogen-bond donors (Lipinski definition) is 2. The maximum absolute atomic E-state index is 12.0. The van der Waals surface area contributed by atoms with Crippen LogP contribution in [0.15, 0.2) is 0 Å². The van der Waals surface area contributed by atoms with E-state index in [0.29, 0.717) is 32.2 Å². The molecule has 1 saturated carbocycles. The largest absolute Gasteiger partial charge is 0.381 e. The Balaban J connectivity index is 2.01. The normalized spacial score (nSPS) is 15.8. The van der Waals surface area contributed by atoms with Crippen molar-refractivity contribution in [3.8, 4) is 0 Å². The van der Waals surface area contributed by atoms with Gasteiger partial charge >= 0.3 is 0 Å². The summed E-state index contributed by atoms with van der Waals surface area (Å²) in [6.07, 6.45) is 6.25. The number of hydrogen-bond acceptors (Lipinski definition) is 4. The Morgan fingerprint density at radius 2 is 1.86 bits per heavy atom. The maximum Gasteiger partial charge on any atom is 0.279 e. The van der Waals surface area contributed by atoms with Gasteiger partial charge in [-0.15, -0.1) is 0 Å². The monoisotopic (exact) mass is 321 g/mol. The number of rotatable bonds is 14. The van der Waals surface area contributed by atoms with Crippen molar-refractivity contribution in [2.24, 2.45) is 0 Å². The summed E-state index contributed by atoms with van der Waals surface area (Å²) in [7, 11) is -1.72. The molecular formula is C14H31N3O3S. The highest BCUT2D eigenvalue weighted by Crippen LogP contribution is 2.18. The van der Waals surface area contributed by atoms with Crippen LogP contribution >= 0.6 is 0 Å². The minimum atomic E-state index is -3.34. The number of nitrogens with zero attached hydrogens (tertiary/aromatic N) is 1. The minimum absolute atomic E-state index is 0.430. The van der Waals surface area contributed by atoms with E-state index in [1.165, 1.54) is 17.1 Å². The Bertz CT molecular complexity index is 358. The second-order valence-corrected chi connectivity index (χ2v) is 7.48. The standard InChI is InChI=1S/C14H31N3O3S/c1-3-4-12-20-13-6-10-16-21(18,19)17(2)11-5-9-15-14-7-8-14/h14-16H,3-13H2,1-2H3. The molecule has 0 unspecified atom stereocenters. The van der Waals surface area contributed by atoms with Gasteiger partial charge < -0.3 is 10.1 Å². The molecule has 126 valence electrons. The molecule has 0 atom stereocenters. The molecule has 0 radical (unpaired) electrons. The van der Waals surface area contributed by atoms with Gasteiger partial charge in [-0.05, 0) is 38.6 Å². The molecular weight excluding hydrogens is 290 g/mol. The molecule has 0 aliphatic heterocycles. The number of ether oxygens (including phenoxy) is 1. The van der Waals surface area contributed by atoms with Crippen molar-refractivity contribution in [1.29, 1.82) is 0 Å². The summed E-state index contributed by atoms with van der Waals surface area (Å²) in [5.74, 6) is 0. The second kappa shape index (κ2) is 10.5. The van der Waals surface area contributed by atoms with Gasteiger partial charge in [0.1, 0.15) is 0 Å². The highest BCUT2D eigenvalue weighted by atomic mass is 32.2. The highest BCUT2D eigenvalue weighted by Gasteiger charge is 2.20. The summed E-state index contributed by atoms with van der Waals surface area (Å²) in [5, 5.41) is 3.38. The van der Waals surface area contributed by atoms with Gasteiger partial charge in [-0.25, -0.2) is 4.72 Å². The van der Waals surface area contributed by atoms with E-state index in [-0.39, 0.29) is 0 Å². The summed E-state index contributed by atoms with van der Waals surface area (Å²) in [6, 6.07) is 0.678. The van der Waals surface area contributed by atoms with Crippen molar-refractivity contribution >= 4 is 10.2 Å². The summed E-state index contributed by atoms with van der Waals surface area (Å²) in [4.78, 5) is 0. The van der Waals surface area contributed by atoms with Gasteiger partial charge in [0.15, 0.2) is 0 Å². The molecule has 0 spiro atoms. The van der Waals surface area contributed by atoms with Crippen LogP contribution in [0.2, 0.25) is 0 Å². The van der Waals surface area contributed by atoms with Crippen molar-refractivity contribution < 1.29 is 13.2 Å². The van der Waals surface area contributed by atoms with E-state index < -0.39 is 10.2 Å². The van der Waals surface area contributed by atoms with E-state index in [1.807, 2.05) is 0 Å². The summed E-state index contributed by atoms with van der Waals surface area (Å²) < 4.78 is 33.3. The first-order chi connectivity index (χ1) is 10.1. The predicted octanol–water partition coefficient (Wildman–Crippen LogP) is 1.10. The third-order valence-electron chi connectivity index (χ3n) is 3.46. The molecule has 0 aromatic rings. The molecule has 6 nitrogen and oxygen atoms in total. The van der Waals surface area contributed by atoms with Gasteiger partial charge in [-0.1, -0.05) is 13.3 Å². The summed E-state index contributed by atoms with van der Waals surface area (Å²) in [5.41, 5.74) is 0. The van der Waals surface area contributed by atoms with Crippen LogP contribution in [0.4, 0.5) is 0 Å². The quantitative estimate of drug-likeness (QED) is 0.470. The number of unbranched alkanes of at least 4 members (excludes halogenated alkanes) is 1. The van der Waals surface area contributed by atoms with Crippen LogP contribution in [0.3, 0.4) is 0 Å². The molecule has 0 aromatic carbocycles. The summed E-state index contributed by atoms with van der Waals surface area (Å²) in [6.45, 7) is 5.35. The molecule has 0 amide bonds. The van der Waals surface area contributed by atoms with Crippen LogP contribution in [-0.4, -0.2) is 58.7 Å². The van der Waals surface area contributed by atoms with Crippen LogP contribution in [0.25, 0.3) is 0 Å². The van der Waals surface area contributed by atoms with Gasteiger partial charge in [0, 0.05) is 39.4 Å². The van der Waals surface area contributed by atoms with Crippen LogP contribution in [-0.2, 0) is 14.9 Å². The Morgan fingerprint density at radius 3 is 2.52 bits per heavy atom. The van der Waals surface area contributed by atoms with Crippen molar-refractivity contribution in [2.75, 3.05) is 39.9 Å². The zero-order valence-electron chi connectivity index (χ0n) is 13.4. The zero-order chi connectivity index (χ0) is 15.6. The lowest BCUT2D eigenvalue weighted by atomic mass is 10.4. The summed E-state index contributed by atoms with van der Waals surface area (Å²) >= 11 is 0. The van der Waals surface area contributed by atoms with E-state index in [4.69, 9.17) is 4.74 Å². The Hall–Kier alpha value is -0.210.